The molecular weight excluding hydrogens is 248 g/mol. The number of aliphatic hydroxyl groups is 1. The lowest BCUT2D eigenvalue weighted by molar-refractivity contribution is 0.200. The first-order valence-corrected chi connectivity index (χ1v) is 7.70. The molecule has 1 aromatic carbocycles. The minimum atomic E-state index is 0.274. The van der Waals surface area contributed by atoms with E-state index < -0.39 is 0 Å². The van der Waals surface area contributed by atoms with E-state index in [1.165, 1.54) is 23.1 Å². The van der Waals surface area contributed by atoms with Crippen LogP contribution in [0.2, 0.25) is 0 Å². The molecule has 2 N–H and O–H groups in total. The molecule has 1 fully saturated rings. The predicted molar refractivity (Wildman–Crippen MR) is 84.3 cm³/mol. The van der Waals surface area contributed by atoms with Crippen LogP contribution < -0.4 is 5.32 Å². The molecule has 0 aromatic heterocycles. The molecular formula is C17H28N2O. The van der Waals surface area contributed by atoms with Gasteiger partial charge in [0.1, 0.15) is 0 Å². The van der Waals surface area contributed by atoms with Gasteiger partial charge in [-0.15, -0.1) is 0 Å². The molecule has 1 heterocycles. The average Bonchev–Trinajstić information content (AvgIpc) is 2.41. The molecule has 0 saturated carbocycles. The van der Waals surface area contributed by atoms with Crippen molar-refractivity contribution in [3.63, 3.8) is 0 Å². The molecule has 0 aliphatic carbocycles. The number of likely N-dealkylation sites (tertiary alicyclic amines) is 1. The van der Waals surface area contributed by atoms with Gasteiger partial charge in [0.15, 0.2) is 0 Å². The van der Waals surface area contributed by atoms with Gasteiger partial charge in [0, 0.05) is 25.7 Å². The molecule has 2 rings (SSSR count). The summed E-state index contributed by atoms with van der Waals surface area (Å²) in [5, 5.41) is 12.5. The second kappa shape index (κ2) is 7.21. The van der Waals surface area contributed by atoms with E-state index in [2.05, 4.69) is 49.3 Å². The van der Waals surface area contributed by atoms with E-state index in [4.69, 9.17) is 5.11 Å². The third kappa shape index (κ3) is 4.05. The van der Waals surface area contributed by atoms with E-state index in [0.29, 0.717) is 12.0 Å². The maximum atomic E-state index is 8.88. The molecule has 1 aromatic rings. The van der Waals surface area contributed by atoms with Crippen molar-refractivity contribution < 1.29 is 5.11 Å². The summed E-state index contributed by atoms with van der Waals surface area (Å²) in [7, 11) is 2.20. The number of nitrogens with one attached hydrogen (secondary N) is 1. The lowest BCUT2D eigenvalue weighted by Gasteiger charge is -2.36. The molecule has 0 radical (unpaired) electrons. The van der Waals surface area contributed by atoms with Gasteiger partial charge >= 0.3 is 0 Å². The molecule has 3 nitrogen and oxygen atoms in total. The summed E-state index contributed by atoms with van der Waals surface area (Å²) in [6, 6.07) is 7.42. The van der Waals surface area contributed by atoms with Crippen LogP contribution in [-0.4, -0.2) is 49.3 Å². The molecule has 112 valence electrons. The fourth-order valence-corrected chi connectivity index (χ4v) is 3.11. The Labute approximate surface area is 123 Å². The zero-order chi connectivity index (χ0) is 14.5. The molecule has 0 amide bonds. The van der Waals surface area contributed by atoms with Gasteiger partial charge in [-0.05, 0) is 62.9 Å². The maximum Gasteiger partial charge on any atom is 0.0443 e. The van der Waals surface area contributed by atoms with Crippen molar-refractivity contribution in [2.24, 2.45) is 0 Å². The Morgan fingerprint density at radius 2 is 2.05 bits per heavy atom. The Kier molecular flexibility index (Phi) is 5.58. The second-order valence-electron chi connectivity index (χ2n) is 6.23. The van der Waals surface area contributed by atoms with Gasteiger partial charge in [0.25, 0.3) is 0 Å². The van der Waals surface area contributed by atoms with Crippen LogP contribution in [0.25, 0.3) is 0 Å². The van der Waals surface area contributed by atoms with Gasteiger partial charge in [-0.25, -0.2) is 0 Å². The first kappa shape index (κ1) is 15.5. The lowest BCUT2D eigenvalue weighted by atomic mass is 9.87. The fourth-order valence-electron chi connectivity index (χ4n) is 3.11. The van der Waals surface area contributed by atoms with Gasteiger partial charge in [-0.2, -0.15) is 0 Å². The summed E-state index contributed by atoms with van der Waals surface area (Å²) in [5.41, 5.74) is 4.23. The first-order valence-electron chi connectivity index (χ1n) is 7.70. The Bertz CT molecular complexity index is 433. The highest BCUT2D eigenvalue weighted by Crippen LogP contribution is 2.27. The normalized spacial score (nSPS) is 24.0. The van der Waals surface area contributed by atoms with E-state index >= 15 is 0 Å². The first-order chi connectivity index (χ1) is 9.60. The molecule has 20 heavy (non-hydrogen) atoms. The number of nitrogens with zero attached hydrogens (tertiary/aromatic N) is 1. The third-order valence-electron chi connectivity index (χ3n) is 4.40. The number of hydrogen-bond donors (Lipinski definition) is 2. The van der Waals surface area contributed by atoms with Gasteiger partial charge in [-0.3, -0.25) is 0 Å². The largest absolute Gasteiger partial charge is 0.396 e. The summed E-state index contributed by atoms with van der Waals surface area (Å²) < 4.78 is 0. The van der Waals surface area contributed by atoms with Crippen LogP contribution >= 0.6 is 0 Å². The topological polar surface area (TPSA) is 35.5 Å². The summed E-state index contributed by atoms with van der Waals surface area (Å²) in [6.45, 7) is 7.80. The Balaban J connectivity index is 2.01. The molecule has 1 aliphatic heterocycles. The monoisotopic (exact) mass is 276 g/mol. The van der Waals surface area contributed by atoms with Crippen molar-refractivity contribution >= 4 is 0 Å². The van der Waals surface area contributed by atoms with Gasteiger partial charge < -0.3 is 15.3 Å². The summed E-state index contributed by atoms with van der Waals surface area (Å²) in [6.07, 6.45) is 2.03. The van der Waals surface area contributed by atoms with Crippen LogP contribution in [0.1, 0.15) is 35.4 Å². The van der Waals surface area contributed by atoms with Crippen LogP contribution in [-0.2, 0) is 0 Å². The maximum absolute atomic E-state index is 8.88. The van der Waals surface area contributed by atoms with E-state index in [-0.39, 0.29) is 6.61 Å². The highest BCUT2D eigenvalue weighted by atomic mass is 16.3. The zero-order valence-electron chi connectivity index (χ0n) is 13.0. The highest BCUT2D eigenvalue weighted by Gasteiger charge is 2.26. The van der Waals surface area contributed by atoms with Crippen molar-refractivity contribution in [1.29, 1.82) is 0 Å². The van der Waals surface area contributed by atoms with Crippen molar-refractivity contribution in [3.05, 3.63) is 34.9 Å². The van der Waals surface area contributed by atoms with Crippen LogP contribution in [0.4, 0.5) is 0 Å². The number of aryl methyl sites for hydroxylation is 2. The van der Waals surface area contributed by atoms with E-state index in [9.17, 15) is 0 Å². The van der Waals surface area contributed by atoms with Crippen molar-refractivity contribution in [3.8, 4) is 0 Å². The molecule has 2 unspecified atom stereocenters. The second-order valence-corrected chi connectivity index (χ2v) is 6.23. The van der Waals surface area contributed by atoms with Crippen molar-refractivity contribution in [2.45, 2.75) is 38.6 Å². The number of hydrogen-bond acceptors (Lipinski definition) is 3. The predicted octanol–water partition coefficient (Wildman–Crippen LogP) is 2.06. The molecule has 2 atom stereocenters. The van der Waals surface area contributed by atoms with Crippen molar-refractivity contribution in [1.82, 2.24) is 10.2 Å². The van der Waals surface area contributed by atoms with Crippen LogP contribution in [0.3, 0.4) is 0 Å². The zero-order valence-corrected chi connectivity index (χ0v) is 13.0. The summed E-state index contributed by atoms with van der Waals surface area (Å²) >= 11 is 0. The van der Waals surface area contributed by atoms with E-state index in [1.54, 1.807) is 0 Å². The molecule has 1 saturated heterocycles. The molecule has 3 heteroatoms. The van der Waals surface area contributed by atoms with Crippen LogP contribution in [0.15, 0.2) is 18.2 Å². The van der Waals surface area contributed by atoms with Crippen LogP contribution in [0, 0.1) is 13.8 Å². The minimum Gasteiger partial charge on any atom is -0.396 e. The Hall–Kier alpha value is -0.900. The summed E-state index contributed by atoms with van der Waals surface area (Å²) in [4.78, 5) is 2.42. The standard InChI is InChI=1S/C17H28N2O/c1-13-5-6-15(9-14(13)2)16-10-17(12-19(3)11-16)18-7-4-8-20/h5-6,9,16-18,20H,4,7-8,10-12H2,1-3H3. The number of rotatable bonds is 5. The highest BCUT2D eigenvalue weighted by molar-refractivity contribution is 5.32. The average molecular weight is 276 g/mol. The molecule has 0 spiro atoms. The number of benzene rings is 1. The Morgan fingerprint density at radius 1 is 1.25 bits per heavy atom. The van der Waals surface area contributed by atoms with Crippen molar-refractivity contribution in [2.75, 3.05) is 33.3 Å². The van der Waals surface area contributed by atoms with E-state index in [1.807, 2.05) is 0 Å². The molecule has 1 aliphatic rings. The van der Waals surface area contributed by atoms with Gasteiger partial charge in [-0.1, -0.05) is 18.2 Å². The smallest absolute Gasteiger partial charge is 0.0443 e. The van der Waals surface area contributed by atoms with Gasteiger partial charge in [0.05, 0.1) is 0 Å². The number of piperidine rings is 1. The minimum absolute atomic E-state index is 0.274. The van der Waals surface area contributed by atoms with Gasteiger partial charge in [0.2, 0.25) is 0 Å². The van der Waals surface area contributed by atoms with Crippen LogP contribution in [0.5, 0.6) is 0 Å². The van der Waals surface area contributed by atoms with E-state index in [0.717, 1.165) is 26.1 Å². The SMILES string of the molecule is Cc1ccc(C2CC(NCCCO)CN(C)C2)cc1C. The molecule has 0 bridgehead atoms. The summed E-state index contributed by atoms with van der Waals surface area (Å²) in [5.74, 6) is 0.611. The number of aliphatic hydroxyl groups excluding tert-OH is 1. The number of likely N-dealkylation sites (N-methyl/N-ethyl adjacent to an activating group) is 1. The lowest BCUT2D eigenvalue weighted by Crippen LogP contribution is -2.47. The Morgan fingerprint density at radius 3 is 2.75 bits per heavy atom. The third-order valence-corrected chi connectivity index (χ3v) is 4.40. The fraction of sp³-hybridized carbons (Fsp3) is 0.647. The quantitative estimate of drug-likeness (QED) is 0.808.